The number of nitrogens with zero attached hydrogens (tertiary/aromatic N) is 3. The highest BCUT2D eigenvalue weighted by molar-refractivity contribution is 9.09. The van der Waals surface area contributed by atoms with Crippen molar-refractivity contribution < 1.29 is 4.92 Å². The SMILES string of the molecule is CC(CCBr)CCn1cc([N+](=O)[O-])cn1. The average Bonchev–Trinajstić information content (AvgIpc) is 2.63. The fraction of sp³-hybridized carbons (Fsp3) is 0.667. The van der Waals surface area contributed by atoms with Gasteiger partial charge >= 0.3 is 5.69 Å². The van der Waals surface area contributed by atoms with Crippen LogP contribution in [-0.4, -0.2) is 20.0 Å². The van der Waals surface area contributed by atoms with Crippen molar-refractivity contribution in [3.63, 3.8) is 0 Å². The van der Waals surface area contributed by atoms with E-state index in [-0.39, 0.29) is 5.69 Å². The molecule has 6 heteroatoms. The molecule has 5 nitrogen and oxygen atoms in total. The second-order valence-electron chi connectivity index (χ2n) is 3.59. The molecule has 15 heavy (non-hydrogen) atoms. The van der Waals surface area contributed by atoms with E-state index in [4.69, 9.17) is 0 Å². The summed E-state index contributed by atoms with van der Waals surface area (Å²) in [4.78, 5) is 9.98. The molecule has 0 aromatic carbocycles. The lowest BCUT2D eigenvalue weighted by atomic mass is 10.1. The van der Waals surface area contributed by atoms with E-state index in [1.807, 2.05) is 0 Å². The third-order valence-corrected chi connectivity index (χ3v) is 2.74. The highest BCUT2D eigenvalue weighted by atomic mass is 79.9. The Hall–Kier alpha value is -0.910. The maximum Gasteiger partial charge on any atom is 0.306 e. The molecule has 1 unspecified atom stereocenters. The minimum absolute atomic E-state index is 0.0585. The first-order valence-electron chi connectivity index (χ1n) is 4.86. The number of halogens is 1. The van der Waals surface area contributed by atoms with Gasteiger partial charge in [-0.15, -0.1) is 0 Å². The summed E-state index contributed by atoms with van der Waals surface area (Å²) in [7, 11) is 0. The van der Waals surface area contributed by atoms with Crippen molar-refractivity contribution >= 4 is 21.6 Å². The zero-order valence-electron chi connectivity index (χ0n) is 8.60. The van der Waals surface area contributed by atoms with Crippen LogP contribution in [-0.2, 0) is 6.54 Å². The van der Waals surface area contributed by atoms with Gasteiger partial charge in [-0.1, -0.05) is 22.9 Å². The third-order valence-electron chi connectivity index (χ3n) is 2.28. The Morgan fingerprint density at radius 2 is 2.40 bits per heavy atom. The van der Waals surface area contributed by atoms with Gasteiger partial charge in [-0.05, 0) is 18.8 Å². The van der Waals surface area contributed by atoms with E-state index in [0.29, 0.717) is 5.92 Å². The fourth-order valence-electron chi connectivity index (χ4n) is 1.25. The molecule has 0 N–H and O–H groups in total. The monoisotopic (exact) mass is 275 g/mol. The standard InChI is InChI=1S/C9H14BrN3O2/c1-8(2-4-10)3-5-12-7-9(6-11-12)13(14)15/h6-8H,2-5H2,1H3. The van der Waals surface area contributed by atoms with Crippen LogP contribution < -0.4 is 0 Å². The molecule has 1 rings (SSSR count). The van der Waals surface area contributed by atoms with Gasteiger partial charge in [0, 0.05) is 11.9 Å². The molecule has 1 aromatic heterocycles. The normalized spacial score (nSPS) is 12.7. The van der Waals surface area contributed by atoms with Crippen LogP contribution in [0.5, 0.6) is 0 Å². The summed E-state index contributed by atoms with van der Waals surface area (Å²) in [5.41, 5.74) is 0.0585. The van der Waals surface area contributed by atoms with E-state index in [2.05, 4.69) is 28.0 Å². The van der Waals surface area contributed by atoms with Gasteiger partial charge in [0.15, 0.2) is 0 Å². The molecule has 1 heterocycles. The van der Waals surface area contributed by atoms with Crippen molar-refractivity contribution in [1.82, 2.24) is 9.78 Å². The molecular formula is C9H14BrN3O2. The lowest BCUT2D eigenvalue weighted by Gasteiger charge is -2.08. The maximum atomic E-state index is 10.4. The summed E-state index contributed by atoms with van der Waals surface area (Å²) in [6, 6.07) is 0. The van der Waals surface area contributed by atoms with E-state index < -0.39 is 4.92 Å². The van der Waals surface area contributed by atoms with Crippen molar-refractivity contribution in [2.75, 3.05) is 5.33 Å². The second-order valence-corrected chi connectivity index (χ2v) is 4.38. The van der Waals surface area contributed by atoms with Crippen LogP contribution in [0.15, 0.2) is 12.4 Å². The molecule has 0 aliphatic rings. The van der Waals surface area contributed by atoms with Crippen LogP contribution in [0.2, 0.25) is 0 Å². The smallest absolute Gasteiger partial charge is 0.266 e. The van der Waals surface area contributed by atoms with Gasteiger partial charge < -0.3 is 0 Å². The van der Waals surface area contributed by atoms with Crippen LogP contribution in [0.25, 0.3) is 0 Å². The van der Waals surface area contributed by atoms with Gasteiger partial charge in [-0.3, -0.25) is 14.8 Å². The molecule has 0 amide bonds. The van der Waals surface area contributed by atoms with Gasteiger partial charge in [0.05, 0.1) is 4.92 Å². The predicted molar refractivity (Wildman–Crippen MR) is 61.1 cm³/mol. The summed E-state index contributed by atoms with van der Waals surface area (Å²) >= 11 is 3.39. The van der Waals surface area contributed by atoms with Gasteiger partial charge in [0.1, 0.15) is 12.4 Å². The minimum atomic E-state index is -0.425. The molecule has 0 aliphatic carbocycles. The Bertz CT molecular complexity index is 327. The summed E-state index contributed by atoms with van der Waals surface area (Å²) in [6.07, 6.45) is 4.86. The predicted octanol–water partition coefficient (Wildman–Crippen LogP) is 2.60. The Morgan fingerprint density at radius 3 is 2.93 bits per heavy atom. The summed E-state index contributed by atoms with van der Waals surface area (Å²) in [5, 5.41) is 15.3. The molecule has 1 aromatic rings. The fourth-order valence-corrected chi connectivity index (χ4v) is 2.03. The van der Waals surface area contributed by atoms with Gasteiger partial charge in [-0.2, -0.15) is 5.10 Å². The second kappa shape index (κ2) is 5.85. The van der Waals surface area contributed by atoms with Gasteiger partial charge in [0.25, 0.3) is 0 Å². The van der Waals surface area contributed by atoms with E-state index >= 15 is 0 Å². The average molecular weight is 276 g/mol. The first kappa shape index (κ1) is 12.2. The van der Waals surface area contributed by atoms with Crippen molar-refractivity contribution in [3.8, 4) is 0 Å². The zero-order valence-corrected chi connectivity index (χ0v) is 10.2. The molecule has 0 saturated carbocycles. The molecule has 0 radical (unpaired) electrons. The number of rotatable bonds is 6. The summed E-state index contributed by atoms with van der Waals surface area (Å²) in [5.74, 6) is 0.604. The van der Waals surface area contributed by atoms with Gasteiger partial charge in [-0.25, -0.2) is 0 Å². The van der Waals surface area contributed by atoms with Crippen molar-refractivity contribution in [2.24, 2.45) is 5.92 Å². The Labute approximate surface area is 96.7 Å². The number of alkyl halides is 1. The van der Waals surface area contributed by atoms with Crippen LogP contribution in [0, 0.1) is 16.0 Å². The number of hydrogen-bond donors (Lipinski definition) is 0. The summed E-state index contributed by atoms with van der Waals surface area (Å²) < 4.78 is 1.63. The third kappa shape index (κ3) is 3.99. The first-order chi connectivity index (χ1) is 7.13. The molecular weight excluding hydrogens is 262 g/mol. The molecule has 0 fully saturated rings. The van der Waals surface area contributed by atoms with E-state index in [1.165, 1.54) is 12.4 Å². The van der Waals surface area contributed by atoms with Crippen LogP contribution >= 0.6 is 15.9 Å². The van der Waals surface area contributed by atoms with Gasteiger partial charge in [0.2, 0.25) is 0 Å². The highest BCUT2D eigenvalue weighted by Crippen LogP contribution is 2.12. The molecule has 0 saturated heterocycles. The zero-order chi connectivity index (χ0) is 11.3. The molecule has 0 spiro atoms. The Morgan fingerprint density at radius 1 is 1.67 bits per heavy atom. The van der Waals surface area contributed by atoms with Crippen molar-refractivity contribution in [1.29, 1.82) is 0 Å². The van der Waals surface area contributed by atoms with E-state index in [0.717, 1.165) is 24.7 Å². The van der Waals surface area contributed by atoms with Crippen molar-refractivity contribution in [3.05, 3.63) is 22.5 Å². The first-order valence-corrected chi connectivity index (χ1v) is 5.98. The lowest BCUT2D eigenvalue weighted by molar-refractivity contribution is -0.385. The van der Waals surface area contributed by atoms with Crippen LogP contribution in [0.3, 0.4) is 0 Å². The summed E-state index contributed by atoms with van der Waals surface area (Å²) in [6.45, 7) is 2.90. The molecule has 0 bridgehead atoms. The Kier molecular flexibility index (Phi) is 4.74. The lowest BCUT2D eigenvalue weighted by Crippen LogP contribution is -2.04. The van der Waals surface area contributed by atoms with Crippen LogP contribution in [0.4, 0.5) is 5.69 Å². The quantitative estimate of drug-likeness (QED) is 0.456. The highest BCUT2D eigenvalue weighted by Gasteiger charge is 2.09. The van der Waals surface area contributed by atoms with E-state index in [1.54, 1.807) is 4.68 Å². The minimum Gasteiger partial charge on any atom is -0.266 e. The topological polar surface area (TPSA) is 61.0 Å². The largest absolute Gasteiger partial charge is 0.306 e. The Balaban J connectivity index is 2.40. The van der Waals surface area contributed by atoms with E-state index in [9.17, 15) is 10.1 Å². The number of aromatic nitrogens is 2. The molecule has 1 atom stereocenters. The number of hydrogen-bond acceptors (Lipinski definition) is 3. The van der Waals surface area contributed by atoms with Crippen LogP contribution in [0.1, 0.15) is 19.8 Å². The molecule has 0 aliphatic heterocycles. The number of nitro groups is 1. The van der Waals surface area contributed by atoms with Crippen molar-refractivity contribution in [2.45, 2.75) is 26.3 Å². The number of aryl methyl sites for hydroxylation is 1. The maximum absolute atomic E-state index is 10.4. The molecule has 84 valence electrons.